The molecule has 1 aromatic rings. The number of anilines is 1. The Morgan fingerprint density at radius 2 is 2.24 bits per heavy atom. The predicted octanol–water partition coefficient (Wildman–Crippen LogP) is 1.25. The summed E-state index contributed by atoms with van der Waals surface area (Å²) in [5, 5.41) is 13.6. The Morgan fingerprint density at radius 1 is 1.48 bits per heavy atom. The van der Waals surface area contributed by atoms with E-state index in [4.69, 9.17) is 9.47 Å². The molecule has 9 heteroatoms. The fourth-order valence-electron chi connectivity index (χ4n) is 2.34. The van der Waals surface area contributed by atoms with Crippen LogP contribution in [0.5, 0.6) is 5.75 Å². The maximum Gasteiger partial charge on any atom is 0.331 e. The number of nitro benzene ring substituents is 1. The number of fused-ring (bicyclic) bond motifs is 1. The molecule has 0 radical (unpaired) electrons. The third-order valence-electron chi connectivity index (χ3n) is 3.47. The molecule has 9 nitrogen and oxygen atoms in total. The molecule has 136 valence electrons. The van der Waals surface area contributed by atoms with Gasteiger partial charge in [0.05, 0.1) is 29.3 Å². The van der Waals surface area contributed by atoms with Gasteiger partial charge in [-0.05, 0) is 26.3 Å². The van der Waals surface area contributed by atoms with E-state index in [1.165, 1.54) is 23.1 Å². The molecule has 1 aliphatic heterocycles. The first-order chi connectivity index (χ1) is 11.9. The van der Waals surface area contributed by atoms with Crippen LogP contribution in [-0.2, 0) is 14.3 Å². The zero-order valence-electron chi connectivity index (χ0n) is 14.2. The molecule has 1 N–H and O–H groups in total. The number of non-ortho nitro benzene ring substituents is 1. The number of esters is 1. The van der Waals surface area contributed by atoms with E-state index in [9.17, 15) is 19.7 Å². The van der Waals surface area contributed by atoms with Gasteiger partial charge in [0.1, 0.15) is 6.54 Å². The highest BCUT2D eigenvalue weighted by Gasteiger charge is 2.27. The summed E-state index contributed by atoms with van der Waals surface area (Å²) in [5.74, 6) is -0.724. The quantitative estimate of drug-likeness (QED) is 0.247. The molecular formula is C16H21N3O6. The van der Waals surface area contributed by atoms with Crippen LogP contribution < -0.4 is 15.0 Å². The molecule has 1 heterocycles. The Balaban J connectivity index is 1.93. The lowest BCUT2D eigenvalue weighted by atomic mass is 10.2. The first kappa shape index (κ1) is 18.7. The summed E-state index contributed by atoms with van der Waals surface area (Å²) in [5.41, 5.74) is 0.298. The number of nitrogens with zero attached hydrogens (tertiary/aromatic N) is 2. The maximum atomic E-state index is 12.0. The number of benzene rings is 1. The van der Waals surface area contributed by atoms with E-state index in [1.807, 2.05) is 13.8 Å². The van der Waals surface area contributed by atoms with Crippen LogP contribution in [0.15, 0.2) is 18.2 Å². The summed E-state index contributed by atoms with van der Waals surface area (Å²) in [4.78, 5) is 35.5. The zero-order valence-corrected chi connectivity index (χ0v) is 14.2. The molecule has 0 fully saturated rings. The topological polar surface area (TPSA) is 111 Å². The van der Waals surface area contributed by atoms with Crippen LogP contribution in [0.2, 0.25) is 0 Å². The van der Waals surface area contributed by atoms with Crippen LogP contribution in [0.25, 0.3) is 0 Å². The summed E-state index contributed by atoms with van der Waals surface area (Å²) in [7, 11) is 0. The van der Waals surface area contributed by atoms with E-state index in [0.717, 1.165) is 0 Å². The maximum absolute atomic E-state index is 12.0. The van der Waals surface area contributed by atoms with Gasteiger partial charge in [-0.25, -0.2) is 4.79 Å². The van der Waals surface area contributed by atoms with Gasteiger partial charge in [0.15, 0.2) is 5.75 Å². The zero-order chi connectivity index (χ0) is 18.4. The largest absolute Gasteiger partial charge is 0.423 e. The normalized spacial score (nSPS) is 13.4. The van der Waals surface area contributed by atoms with Crippen LogP contribution >= 0.6 is 0 Å². The minimum Gasteiger partial charge on any atom is -0.423 e. The highest BCUT2D eigenvalue weighted by atomic mass is 16.6. The fraction of sp³-hybridized carbons (Fsp3) is 0.500. The van der Waals surface area contributed by atoms with Gasteiger partial charge in [0.25, 0.3) is 5.69 Å². The number of carbonyl (C=O) groups excluding carboxylic acids is 2. The molecule has 2 rings (SSSR count). The van der Waals surface area contributed by atoms with Crippen LogP contribution in [0.4, 0.5) is 11.4 Å². The monoisotopic (exact) mass is 351 g/mol. The van der Waals surface area contributed by atoms with Crippen molar-refractivity contribution >= 4 is 23.3 Å². The number of rotatable bonds is 8. The molecule has 0 unspecified atom stereocenters. The smallest absolute Gasteiger partial charge is 0.331 e. The van der Waals surface area contributed by atoms with Gasteiger partial charge in [-0.3, -0.25) is 14.9 Å². The molecule has 0 aromatic heterocycles. The lowest BCUT2D eigenvalue weighted by Crippen LogP contribution is -2.43. The number of nitro groups is 1. The van der Waals surface area contributed by atoms with E-state index in [1.54, 1.807) is 0 Å². The second-order valence-corrected chi connectivity index (χ2v) is 5.86. The number of amides is 1. The lowest BCUT2D eigenvalue weighted by molar-refractivity contribution is -0.384. The molecule has 0 bridgehead atoms. The summed E-state index contributed by atoms with van der Waals surface area (Å²) in [6.07, 6.45) is 0.838. The van der Waals surface area contributed by atoms with Crippen LogP contribution in [0.1, 0.15) is 20.3 Å². The van der Waals surface area contributed by atoms with E-state index < -0.39 is 10.9 Å². The van der Waals surface area contributed by atoms with Crippen molar-refractivity contribution in [2.24, 2.45) is 0 Å². The van der Waals surface area contributed by atoms with Crippen molar-refractivity contribution in [3.05, 3.63) is 28.3 Å². The predicted molar refractivity (Wildman–Crippen MR) is 89.7 cm³/mol. The fourth-order valence-corrected chi connectivity index (χ4v) is 2.34. The standard InChI is InChI=1S/C16H21N3O6/c1-11(2)24-7-3-6-17-15(20)9-18-10-16(21)25-14-8-12(19(22)23)4-5-13(14)18/h4-5,8,11H,3,6-7,9-10H2,1-2H3,(H,17,20). The van der Waals surface area contributed by atoms with Crippen molar-refractivity contribution in [2.45, 2.75) is 26.4 Å². The van der Waals surface area contributed by atoms with Crippen LogP contribution in [0.3, 0.4) is 0 Å². The Labute approximate surface area is 145 Å². The molecule has 0 saturated carbocycles. The molecular weight excluding hydrogens is 330 g/mol. The number of ether oxygens (including phenoxy) is 2. The first-order valence-electron chi connectivity index (χ1n) is 7.99. The van der Waals surface area contributed by atoms with Crippen molar-refractivity contribution in [2.75, 3.05) is 31.1 Å². The molecule has 1 amide bonds. The molecule has 1 aromatic carbocycles. The second-order valence-electron chi connectivity index (χ2n) is 5.86. The van der Waals surface area contributed by atoms with E-state index in [2.05, 4.69) is 5.32 Å². The first-order valence-corrected chi connectivity index (χ1v) is 7.99. The second kappa shape index (κ2) is 8.43. The SMILES string of the molecule is CC(C)OCCCNC(=O)CN1CC(=O)Oc2cc([N+](=O)[O-])ccc21. The summed E-state index contributed by atoms with van der Waals surface area (Å²) >= 11 is 0. The highest BCUT2D eigenvalue weighted by molar-refractivity contribution is 5.89. The van der Waals surface area contributed by atoms with Gasteiger partial charge in [-0.2, -0.15) is 0 Å². The molecule has 0 spiro atoms. The van der Waals surface area contributed by atoms with E-state index >= 15 is 0 Å². The Hall–Kier alpha value is -2.68. The van der Waals surface area contributed by atoms with Gasteiger partial charge in [0.2, 0.25) is 5.91 Å². The minimum atomic E-state index is -0.570. The molecule has 1 aliphatic rings. The van der Waals surface area contributed by atoms with Crippen molar-refractivity contribution in [3.63, 3.8) is 0 Å². The summed E-state index contributed by atoms with van der Waals surface area (Å²) < 4.78 is 10.4. The van der Waals surface area contributed by atoms with Gasteiger partial charge in [0, 0.05) is 19.2 Å². The van der Waals surface area contributed by atoms with Crippen molar-refractivity contribution in [1.29, 1.82) is 0 Å². The molecule has 0 saturated heterocycles. The lowest BCUT2D eigenvalue weighted by Gasteiger charge is -2.28. The molecule has 0 atom stereocenters. The summed E-state index contributed by atoms with van der Waals surface area (Å²) in [6.45, 7) is 4.78. The third-order valence-corrected chi connectivity index (χ3v) is 3.47. The van der Waals surface area contributed by atoms with Gasteiger partial charge >= 0.3 is 5.97 Å². The van der Waals surface area contributed by atoms with Crippen molar-refractivity contribution < 1.29 is 24.0 Å². The van der Waals surface area contributed by atoms with Gasteiger partial charge in [-0.15, -0.1) is 0 Å². The van der Waals surface area contributed by atoms with Crippen molar-refractivity contribution in [1.82, 2.24) is 5.32 Å². The Bertz CT molecular complexity index is 661. The van der Waals surface area contributed by atoms with E-state index in [-0.39, 0.29) is 36.5 Å². The molecule has 0 aliphatic carbocycles. The number of hydrogen-bond acceptors (Lipinski definition) is 7. The average molecular weight is 351 g/mol. The van der Waals surface area contributed by atoms with Gasteiger partial charge < -0.3 is 19.7 Å². The minimum absolute atomic E-state index is 0.0368. The number of nitrogens with one attached hydrogen (secondary N) is 1. The van der Waals surface area contributed by atoms with E-state index in [0.29, 0.717) is 25.3 Å². The van der Waals surface area contributed by atoms with Crippen molar-refractivity contribution in [3.8, 4) is 5.75 Å². The number of carbonyl (C=O) groups is 2. The van der Waals surface area contributed by atoms with Gasteiger partial charge in [-0.1, -0.05) is 0 Å². The Kier molecular flexibility index (Phi) is 6.29. The van der Waals surface area contributed by atoms with Crippen LogP contribution in [-0.4, -0.2) is 49.1 Å². The average Bonchev–Trinajstić information content (AvgIpc) is 2.53. The summed E-state index contributed by atoms with van der Waals surface area (Å²) in [6, 6.07) is 3.97. The Morgan fingerprint density at radius 3 is 2.92 bits per heavy atom. The highest BCUT2D eigenvalue weighted by Crippen LogP contribution is 2.34. The molecule has 25 heavy (non-hydrogen) atoms. The number of hydrogen-bond donors (Lipinski definition) is 1. The van der Waals surface area contributed by atoms with Crippen LogP contribution in [0, 0.1) is 10.1 Å². The third kappa shape index (κ3) is 5.42.